The van der Waals surface area contributed by atoms with Gasteiger partial charge in [0.2, 0.25) is 17.7 Å². The number of hydrogen-bond acceptors (Lipinski definition) is 9. The Morgan fingerprint density at radius 1 is 0.804 bits per heavy atom. The summed E-state index contributed by atoms with van der Waals surface area (Å²) in [7, 11) is 6.61. The van der Waals surface area contributed by atoms with E-state index in [0.29, 0.717) is 37.0 Å². The van der Waals surface area contributed by atoms with Crippen molar-refractivity contribution in [1.29, 1.82) is 0 Å². The molecule has 13 heteroatoms. The van der Waals surface area contributed by atoms with Crippen LogP contribution in [0.3, 0.4) is 0 Å². The van der Waals surface area contributed by atoms with Crippen molar-refractivity contribution in [2.45, 2.75) is 161 Å². The van der Waals surface area contributed by atoms with Crippen LogP contribution in [0.25, 0.3) is 0 Å². The Kier molecular flexibility index (Phi) is 61.8. The zero-order chi connectivity index (χ0) is 45.7. The van der Waals surface area contributed by atoms with Crippen molar-refractivity contribution in [3.63, 3.8) is 0 Å². The molecule has 0 radical (unpaired) electrons. The lowest BCUT2D eigenvalue weighted by Crippen LogP contribution is -2.51. The van der Waals surface area contributed by atoms with E-state index in [1.165, 1.54) is 20.5 Å². The van der Waals surface area contributed by atoms with E-state index < -0.39 is 18.0 Å². The second-order valence-corrected chi connectivity index (χ2v) is 12.2. The number of rotatable bonds is 16. The lowest BCUT2D eigenvalue weighted by Gasteiger charge is -2.22. The third kappa shape index (κ3) is 44.8. The van der Waals surface area contributed by atoms with Crippen molar-refractivity contribution in [3.05, 3.63) is 29.8 Å². The SMILES string of the molecule is CC.CC.CC.CC.CC(C)CC=O.CCC.CNC(=O)C(NC(=O)CN(C)C(=O)OCc1ccc(NC(=O)[C@H](CCCN)NC)cc1)C(C)C.CNC(C)C. The summed E-state index contributed by atoms with van der Waals surface area (Å²) in [6.45, 7) is 32.4. The summed E-state index contributed by atoms with van der Waals surface area (Å²) in [4.78, 5) is 59.4. The highest BCUT2D eigenvalue weighted by Gasteiger charge is 2.24. The summed E-state index contributed by atoms with van der Waals surface area (Å²) >= 11 is 0. The molecule has 0 fully saturated rings. The van der Waals surface area contributed by atoms with Crippen LogP contribution in [0.5, 0.6) is 0 Å². The standard InChI is InChI=1S/C23H38N6O5.C5H10O.C4H11N.C3H8.4C2H6/c1-15(2)20(22(32)26-4)28-19(30)13-29(5)23(33)34-14-16-8-10-17(11-9-16)27-21(31)18(25-3)7-6-12-24;1-5(2)3-4-6;1-4(2)5-3;1-3-2;4*1-2/h8-11,15,18,20,25H,6-7,12-14,24H2,1-5H3,(H,26,32)(H,27,31)(H,28,30);4-5H,3H2,1-2H3;4-5H,1-3H3;3H2,1-2H3;4*1-2H3/t18-,20?;;;;;;;/m0......./s1. The van der Waals surface area contributed by atoms with Gasteiger partial charge in [-0.3, -0.25) is 14.4 Å². The first kappa shape index (κ1) is 67.2. The molecule has 1 aromatic rings. The number of carbonyl (C=O) groups is 5. The Hall–Kier alpha value is -3.55. The second-order valence-electron chi connectivity index (χ2n) is 12.2. The monoisotopic (exact) mass is 802 g/mol. The first-order valence-corrected chi connectivity index (χ1v) is 20.8. The first-order valence-electron chi connectivity index (χ1n) is 20.8. The van der Waals surface area contributed by atoms with Gasteiger partial charge in [0.05, 0.1) is 6.04 Å². The molecule has 0 saturated heterocycles. The van der Waals surface area contributed by atoms with Crippen LogP contribution in [-0.2, 0) is 30.5 Å². The average Bonchev–Trinajstić information content (AvgIpc) is 3.20. The van der Waals surface area contributed by atoms with Gasteiger partial charge in [-0.25, -0.2) is 4.79 Å². The molecule has 0 bridgehead atoms. The third-order valence-corrected chi connectivity index (χ3v) is 6.30. The van der Waals surface area contributed by atoms with Gasteiger partial charge in [-0.1, -0.05) is 129 Å². The van der Waals surface area contributed by atoms with Crippen LogP contribution in [0.15, 0.2) is 24.3 Å². The number of anilines is 1. The molecular formula is C43H91N7O6. The van der Waals surface area contributed by atoms with Crippen LogP contribution in [0.1, 0.15) is 142 Å². The van der Waals surface area contributed by atoms with Gasteiger partial charge in [-0.05, 0) is 63.0 Å². The van der Waals surface area contributed by atoms with Gasteiger partial charge in [0, 0.05) is 32.2 Å². The highest BCUT2D eigenvalue weighted by Crippen LogP contribution is 2.12. The molecule has 1 rings (SSSR count). The van der Waals surface area contributed by atoms with Gasteiger partial charge in [0.1, 0.15) is 25.5 Å². The molecule has 1 aromatic carbocycles. The topological polar surface area (TPSA) is 184 Å². The molecule has 13 nitrogen and oxygen atoms in total. The highest BCUT2D eigenvalue weighted by atomic mass is 16.6. The van der Waals surface area contributed by atoms with Gasteiger partial charge in [0.15, 0.2) is 0 Å². The molecule has 0 aliphatic heterocycles. The Morgan fingerprint density at radius 2 is 1.27 bits per heavy atom. The minimum atomic E-state index is -0.690. The summed E-state index contributed by atoms with van der Waals surface area (Å²) in [5, 5.41) is 14.0. The number of nitrogens with zero attached hydrogens (tertiary/aromatic N) is 1. The maximum atomic E-state index is 12.3. The van der Waals surface area contributed by atoms with Gasteiger partial charge < -0.3 is 46.7 Å². The van der Waals surface area contributed by atoms with Crippen molar-refractivity contribution in [1.82, 2.24) is 26.2 Å². The smallest absolute Gasteiger partial charge is 0.410 e. The van der Waals surface area contributed by atoms with E-state index in [4.69, 9.17) is 10.5 Å². The molecule has 4 amide bonds. The maximum Gasteiger partial charge on any atom is 0.410 e. The largest absolute Gasteiger partial charge is 0.445 e. The van der Waals surface area contributed by atoms with E-state index in [0.717, 1.165) is 23.2 Å². The highest BCUT2D eigenvalue weighted by molar-refractivity contribution is 5.94. The molecule has 2 atom stereocenters. The Morgan fingerprint density at radius 3 is 1.59 bits per heavy atom. The summed E-state index contributed by atoms with van der Waals surface area (Å²) in [6, 6.07) is 6.53. The molecule has 0 aromatic heterocycles. The number of benzene rings is 1. The number of nitrogens with two attached hydrogens (primary N) is 1. The number of likely N-dealkylation sites (N-methyl/N-ethyl adjacent to an activating group) is 3. The zero-order valence-electron chi connectivity index (χ0n) is 39.7. The van der Waals surface area contributed by atoms with Gasteiger partial charge in [-0.2, -0.15) is 0 Å². The van der Waals surface area contributed by atoms with Crippen molar-refractivity contribution < 1.29 is 28.7 Å². The summed E-state index contributed by atoms with van der Waals surface area (Å²) in [5.74, 6) is -0.490. The Balaban J connectivity index is -0.000000180. The van der Waals surface area contributed by atoms with Crippen LogP contribution >= 0.6 is 0 Å². The molecule has 0 spiro atoms. The molecule has 334 valence electrons. The Labute approximate surface area is 345 Å². The minimum absolute atomic E-state index is 0.00151. The quantitative estimate of drug-likeness (QED) is 0.0910. The molecule has 0 heterocycles. The molecule has 0 aliphatic rings. The van der Waals surface area contributed by atoms with Crippen molar-refractivity contribution in [3.8, 4) is 0 Å². The Bertz CT molecular complexity index is 1010. The van der Waals surface area contributed by atoms with E-state index in [-0.39, 0.29) is 36.9 Å². The molecule has 7 N–H and O–H groups in total. The fourth-order valence-electron chi connectivity index (χ4n) is 3.28. The predicted molar refractivity (Wildman–Crippen MR) is 241 cm³/mol. The first-order chi connectivity index (χ1) is 26.6. The van der Waals surface area contributed by atoms with Crippen LogP contribution < -0.4 is 32.3 Å². The number of aldehydes is 1. The van der Waals surface area contributed by atoms with Crippen LogP contribution in [0.4, 0.5) is 10.5 Å². The van der Waals surface area contributed by atoms with E-state index >= 15 is 0 Å². The van der Waals surface area contributed by atoms with E-state index in [9.17, 15) is 24.0 Å². The number of amides is 4. The van der Waals surface area contributed by atoms with E-state index in [1.54, 1.807) is 31.3 Å². The van der Waals surface area contributed by atoms with Gasteiger partial charge in [0.25, 0.3) is 0 Å². The predicted octanol–water partition coefficient (Wildman–Crippen LogP) is 7.77. The van der Waals surface area contributed by atoms with E-state index in [2.05, 4.69) is 54.3 Å². The van der Waals surface area contributed by atoms with Gasteiger partial charge in [-0.15, -0.1) is 0 Å². The normalized spacial score (nSPS) is 10.1. The molecule has 0 saturated carbocycles. The fraction of sp³-hybridized carbons (Fsp3) is 0.744. The maximum absolute atomic E-state index is 12.3. The van der Waals surface area contributed by atoms with Crippen molar-refractivity contribution in [2.24, 2.45) is 17.6 Å². The second kappa shape index (κ2) is 51.5. The van der Waals surface area contributed by atoms with Crippen LogP contribution in [0.2, 0.25) is 0 Å². The number of nitrogens with one attached hydrogen (secondary N) is 5. The van der Waals surface area contributed by atoms with Crippen LogP contribution in [0, 0.1) is 11.8 Å². The van der Waals surface area contributed by atoms with Crippen molar-refractivity contribution in [2.75, 3.05) is 46.6 Å². The van der Waals surface area contributed by atoms with Gasteiger partial charge >= 0.3 is 6.09 Å². The fourth-order valence-corrected chi connectivity index (χ4v) is 3.28. The number of ether oxygens (including phenoxy) is 1. The third-order valence-electron chi connectivity index (χ3n) is 6.30. The summed E-state index contributed by atoms with van der Waals surface area (Å²) in [5.41, 5.74) is 6.85. The lowest BCUT2D eigenvalue weighted by molar-refractivity contribution is -0.130. The lowest BCUT2D eigenvalue weighted by atomic mass is 10.0. The molecule has 56 heavy (non-hydrogen) atoms. The molecule has 0 aliphatic carbocycles. The van der Waals surface area contributed by atoms with Crippen LogP contribution in [-0.4, -0.2) is 94.4 Å². The average molecular weight is 802 g/mol. The summed E-state index contributed by atoms with van der Waals surface area (Å²) < 4.78 is 5.25. The molecule has 1 unspecified atom stereocenters. The molecular weight excluding hydrogens is 711 g/mol. The minimum Gasteiger partial charge on any atom is -0.445 e. The zero-order valence-corrected chi connectivity index (χ0v) is 39.7. The summed E-state index contributed by atoms with van der Waals surface area (Å²) in [6.07, 6.45) is 3.60. The number of carbonyl (C=O) groups excluding carboxylic acids is 5. The van der Waals surface area contributed by atoms with E-state index in [1.807, 2.05) is 90.1 Å². The number of hydrogen-bond donors (Lipinski definition) is 6. The van der Waals surface area contributed by atoms with Crippen molar-refractivity contribution >= 4 is 35.8 Å².